The summed E-state index contributed by atoms with van der Waals surface area (Å²) in [6, 6.07) is 0. The average molecular weight is 429 g/mol. The molecule has 0 spiro atoms. The van der Waals surface area contributed by atoms with E-state index in [0.29, 0.717) is 24.2 Å². The molecule has 0 aromatic heterocycles. The van der Waals surface area contributed by atoms with Crippen molar-refractivity contribution in [2.75, 3.05) is 32.8 Å². The maximum Gasteiger partial charge on any atom is 0.112 e. The fourth-order valence-electron chi connectivity index (χ4n) is 4.22. The number of rotatable bonds is 12. The highest BCUT2D eigenvalue weighted by Crippen LogP contribution is 2.35. The Hall–Kier alpha value is -1.16. The number of aliphatic hydroxyl groups is 6. The van der Waals surface area contributed by atoms with Crippen LogP contribution in [0.2, 0.25) is 0 Å². The molecular weight excluding hydrogens is 388 g/mol. The zero-order valence-corrected chi connectivity index (χ0v) is 18.3. The summed E-state index contributed by atoms with van der Waals surface area (Å²) in [4.78, 5) is 4.13. The van der Waals surface area contributed by atoms with Crippen LogP contribution in [-0.4, -0.2) is 104 Å². The molecule has 0 bridgehead atoms. The normalized spacial score (nSPS) is 25.1. The van der Waals surface area contributed by atoms with E-state index >= 15 is 0 Å². The third-order valence-corrected chi connectivity index (χ3v) is 6.05. The van der Waals surface area contributed by atoms with Gasteiger partial charge in [0.1, 0.15) is 30.5 Å². The van der Waals surface area contributed by atoms with Gasteiger partial charge in [-0.25, -0.2) is 0 Å². The van der Waals surface area contributed by atoms with Crippen molar-refractivity contribution in [3.8, 4) is 0 Å². The van der Waals surface area contributed by atoms with Crippen molar-refractivity contribution in [3.63, 3.8) is 0 Å². The molecule has 0 amide bonds. The first-order valence-corrected chi connectivity index (χ1v) is 11.3. The molecule has 174 valence electrons. The van der Waals surface area contributed by atoms with Gasteiger partial charge in [0.05, 0.1) is 13.2 Å². The minimum atomic E-state index is -1.61. The van der Waals surface area contributed by atoms with E-state index in [0.717, 1.165) is 57.3 Å². The van der Waals surface area contributed by atoms with Crippen molar-refractivity contribution >= 4 is 0 Å². The Labute approximate surface area is 179 Å². The molecule has 0 aliphatic carbocycles. The number of hydrogen-bond donors (Lipinski definition) is 6. The Morgan fingerprint density at radius 2 is 1.63 bits per heavy atom. The Kier molecular flexibility index (Phi) is 10.1. The number of nitrogens with zero attached hydrogens (tertiary/aromatic N) is 2. The van der Waals surface area contributed by atoms with Crippen LogP contribution in [0.1, 0.15) is 52.4 Å². The molecule has 2 heterocycles. The van der Waals surface area contributed by atoms with Crippen molar-refractivity contribution in [2.45, 2.75) is 82.9 Å². The van der Waals surface area contributed by atoms with Gasteiger partial charge in [-0.1, -0.05) is 39.5 Å². The summed E-state index contributed by atoms with van der Waals surface area (Å²) >= 11 is 0. The van der Waals surface area contributed by atoms with Gasteiger partial charge in [-0.2, -0.15) is 0 Å². The molecule has 0 radical (unpaired) electrons. The van der Waals surface area contributed by atoms with Gasteiger partial charge < -0.3 is 40.4 Å². The van der Waals surface area contributed by atoms with E-state index in [1.54, 1.807) is 6.20 Å². The summed E-state index contributed by atoms with van der Waals surface area (Å²) in [6.07, 6.45) is 1.14. The van der Waals surface area contributed by atoms with Gasteiger partial charge in [0.25, 0.3) is 0 Å². The third-order valence-electron chi connectivity index (χ3n) is 6.05. The quantitative estimate of drug-likeness (QED) is 0.239. The fourth-order valence-corrected chi connectivity index (χ4v) is 4.22. The summed E-state index contributed by atoms with van der Waals surface area (Å²) in [5, 5.41) is 61.4. The largest absolute Gasteiger partial charge is 0.394 e. The summed E-state index contributed by atoms with van der Waals surface area (Å²) < 4.78 is 0. The summed E-state index contributed by atoms with van der Waals surface area (Å²) in [6.45, 7) is 5.95. The molecule has 2 rings (SSSR count). The maximum atomic E-state index is 10.8. The van der Waals surface area contributed by atoms with Crippen molar-refractivity contribution in [1.29, 1.82) is 0 Å². The second-order valence-corrected chi connectivity index (χ2v) is 8.47. The number of β-amino-alcohol motifs (C(OH)–C–C–N with tert-alkyl or cyclic N) is 1. The zero-order chi connectivity index (χ0) is 22.3. The molecule has 2 aliphatic rings. The Bertz CT molecular complexity index is 596. The molecular formula is C22H40N2O6. The molecule has 5 atom stereocenters. The summed E-state index contributed by atoms with van der Waals surface area (Å²) in [5.74, 6) is 0. The van der Waals surface area contributed by atoms with Crippen LogP contribution in [0.4, 0.5) is 0 Å². The third kappa shape index (κ3) is 5.96. The lowest BCUT2D eigenvalue weighted by atomic mass is 9.84. The van der Waals surface area contributed by atoms with Gasteiger partial charge in [-0.05, 0) is 12.8 Å². The smallest absolute Gasteiger partial charge is 0.112 e. The highest BCUT2D eigenvalue weighted by Gasteiger charge is 2.41. The lowest BCUT2D eigenvalue weighted by molar-refractivity contribution is -0.0666. The molecule has 0 saturated heterocycles. The molecule has 8 nitrogen and oxygen atoms in total. The van der Waals surface area contributed by atoms with Crippen molar-refractivity contribution < 1.29 is 30.6 Å². The van der Waals surface area contributed by atoms with E-state index in [4.69, 9.17) is 0 Å². The van der Waals surface area contributed by atoms with Crippen molar-refractivity contribution in [3.05, 3.63) is 23.0 Å². The number of aliphatic hydroxyl groups excluding tert-OH is 6. The molecule has 0 aromatic rings. The van der Waals surface area contributed by atoms with Crippen molar-refractivity contribution in [1.82, 2.24) is 9.80 Å². The molecule has 6 N–H and O–H groups in total. The lowest BCUT2D eigenvalue weighted by Crippen LogP contribution is -2.52. The molecule has 2 aliphatic heterocycles. The molecule has 0 saturated carbocycles. The topological polar surface area (TPSA) is 128 Å². The van der Waals surface area contributed by atoms with Crippen molar-refractivity contribution in [2.24, 2.45) is 0 Å². The van der Waals surface area contributed by atoms with Gasteiger partial charge in [-0.3, -0.25) is 0 Å². The molecule has 8 heteroatoms. The van der Waals surface area contributed by atoms with E-state index in [2.05, 4.69) is 23.6 Å². The summed E-state index contributed by atoms with van der Waals surface area (Å²) in [7, 11) is 0. The lowest BCUT2D eigenvalue weighted by Gasteiger charge is -2.45. The summed E-state index contributed by atoms with van der Waals surface area (Å²) in [5.41, 5.74) is 1.57. The van der Waals surface area contributed by atoms with E-state index in [9.17, 15) is 30.6 Å². The van der Waals surface area contributed by atoms with Crippen LogP contribution in [0, 0.1) is 0 Å². The first-order chi connectivity index (χ1) is 14.3. The first-order valence-electron chi connectivity index (χ1n) is 11.3. The highest BCUT2D eigenvalue weighted by atomic mass is 16.4. The van der Waals surface area contributed by atoms with Gasteiger partial charge in [-0.15, -0.1) is 0 Å². The monoisotopic (exact) mass is 428 g/mol. The van der Waals surface area contributed by atoms with Crippen LogP contribution in [0.15, 0.2) is 23.0 Å². The zero-order valence-electron chi connectivity index (χ0n) is 18.3. The maximum absolute atomic E-state index is 10.8. The molecule has 30 heavy (non-hydrogen) atoms. The SMILES string of the molecule is CCCCCN1C=C([C@H](O)[C@H](O)[C@H](O)CO)C2=C(C1)N(CCCCC)C[C@@H](O)[C@H]2O. The van der Waals surface area contributed by atoms with Gasteiger partial charge in [0.15, 0.2) is 0 Å². The molecule has 0 aromatic carbocycles. The van der Waals surface area contributed by atoms with Crippen LogP contribution in [0.3, 0.4) is 0 Å². The standard InChI is InChI=1S/C22H40N2O6/c1-3-5-7-9-23-11-15(20(28)22(30)18(27)14-25)19-16(12-23)24(10-8-6-4-2)13-17(26)21(19)29/h11,17-18,20-22,25-30H,3-10,12-14H2,1-2H3/t17-,18-,20+,21-,22-/m1/s1. The molecule has 0 unspecified atom stereocenters. The predicted molar refractivity (Wildman–Crippen MR) is 114 cm³/mol. The number of unbranched alkanes of at least 4 members (excludes halogenated alkanes) is 4. The van der Waals surface area contributed by atoms with Crippen LogP contribution in [-0.2, 0) is 0 Å². The fraction of sp³-hybridized carbons (Fsp3) is 0.818. The Morgan fingerprint density at radius 1 is 1.00 bits per heavy atom. The Balaban J connectivity index is 2.38. The Morgan fingerprint density at radius 3 is 2.23 bits per heavy atom. The van der Waals surface area contributed by atoms with Crippen LogP contribution < -0.4 is 0 Å². The van der Waals surface area contributed by atoms with Crippen LogP contribution >= 0.6 is 0 Å². The van der Waals surface area contributed by atoms with Gasteiger partial charge >= 0.3 is 0 Å². The predicted octanol–water partition coefficient (Wildman–Crippen LogP) is -0.0672. The first kappa shape index (κ1) is 25.1. The highest BCUT2D eigenvalue weighted by molar-refractivity contribution is 5.46. The van der Waals surface area contributed by atoms with Crippen LogP contribution in [0.5, 0.6) is 0 Å². The van der Waals surface area contributed by atoms with Gasteiger partial charge in [0.2, 0.25) is 0 Å². The number of hydrogen-bond acceptors (Lipinski definition) is 8. The van der Waals surface area contributed by atoms with E-state index in [1.807, 2.05) is 0 Å². The average Bonchev–Trinajstić information content (AvgIpc) is 2.75. The second kappa shape index (κ2) is 12.0. The molecule has 0 fully saturated rings. The van der Waals surface area contributed by atoms with E-state index in [-0.39, 0.29) is 0 Å². The van der Waals surface area contributed by atoms with Crippen LogP contribution in [0.25, 0.3) is 0 Å². The minimum absolute atomic E-state index is 0.291. The minimum Gasteiger partial charge on any atom is -0.394 e. The van der Waals surface area contributed by atoms with E-state index in [1.165, 1.54) is 0 Å². The second-order valence-electron chi connectivity index (χ2n) is 8.47. The van der Waals surface area contributed by atoms with E-state index < -0.39 is 37.1 Å². The van der Waals surface area contributed by atoms with Gasteiger partial charge in [0, 0.05) is 42.7 Å².